The van der Waals surface area contributed by atoms with Gasteiger partial charge in [-0.1, -0.05) is 11.6 Å². The maximum absolute atomic E-state index is 12.4. The Labute approximate surface area is 154 Å². The molecule has 1 amide bonds. The van der Waals surface area contributed by atoms with Crippen LogP contribution in [0.5, 0.6) is 0 Å². The molecule has 0 fully saturated rings. The van der Waals surface area contributed by atoms with Crippen molar-refractivity contribution in [3.05, 3.63) is 53.6 Å². The molecule has 5 nitrogen and oxygen atoms in total. The normalized spacial score (nSPS) is 13.2. The average Bonchev–Trinajstić information content (AvgIpc) is 2.54. The first kappa shape index (κ1) is 20.4. The van der Waals surface area contributed by atoms with Crippen LogP contribution in [-0.2, 0) is 25.4 Å². The third-order valence-corrected chi connectivity index (χ3v) is 6.06. The molecular formula is C15H11ClF3NO4S2. The molecule has 0 aliphatic heterocycles. The van der Waals surface area contributed by atoms with E-state index in [1.165, 1.54) is 24.3 Å². The zero-order valence-electron chi connectivity index (χ0n) is 12.8. The van der Waals surface area contributed by atoms with Gasteiger partial charge in [-0.25, -0.2) is 12.6 Å². The van der Waals surface area contributed by atoms with E-state index in [2.05, 4.69) is 5.32 Å². The second-order valence-corrected chi connectivity index (χ2v) is 8.90. The highest BCUT2D eigenvalue weighted by Gasteiger charge is 2.37. The monoisotopic (exact) mass is 425 g/mol. The number of amides is 1. The van der Waals surface area contributed by atoms with Crippen LogP contribution < -0.4 is 5.32 Å². The number of rotatable bonds is 5. The van der Waals surface area contributed by atoms with E-state index in [1.54, 1.807) is 0 Å². The lowest BCUT2D eigenvalue weighted by Crippen LogP contribution is -2.23. The van der Waals surface area contributed by atoms with E-state index in [-0.39, 0.29) is 10.6 Å². The predicted octanol–water partition coefficient (Wildman–Crippen LogP) is 3.38. The molecule has 0 aliphatic rings. The SMILES string of the molecule is O=C(CS(=O)(=O)c1ccc(Cl)cc1)Nc1ccc([S@](=O)C(F)(F)F)cc1. The molecule has 0 bridgehead atoms. The molecular weight excluding hydrogens is 415 g/mol. The van der Waals surface area contributed by atoms with E-state index < -0.39 is 42.7 Å². The minimum atomic E-state index is -4.89. The van der Waals surface area contributed by atoms with Crippen molar-refractivity contribution >= 4 is 43.8 Å². The number of hydrogen-bond acceptors (Lipinski definition) is 4. The zero-order valence-corrected chi connectivity index (χ0v) is 15.2. The van der Waals surface area contributed by atoms with Gasteiger partial charge in [0.25, 0.3) is 0 Å². The van der Waals surface area contributed by atoms with Crippen LogP contribution >= 0.6 is 11.6 Å². The quantitative estimate of drug-likeness (QED) is 0.796. The largest absolute Gasteiger partial charge is 0.475 e. The number of carbonyl (C=O) groups is 1. The van der Waals surface area contributed by atoms with E-state index in [9.17, 15) is 30.6 Å². The molecule has 2 aromatic rings. The summed E-state index contributed by atoms with van der Waals surface area (Å²) in [5.41, 5.74) is -4.82. The lowest BCUT2D eigenvalue weighted by molar-refractivity contribution is -0.113. The van der Waals surface area contributed by atoms with Crippen molar-refractivity contribution in [3.8, 4) is 0 Å². The van der Waals surface area contributed by atoms with Crippen molar-refractivity contribution in [2.45, 2.75) is 15.3 Å². The van der Waals surface area contributed by atoms with Gasteiger partial charge in [0.15, 0.2) is 20.6 Å². The van der Waals surface area contributed by atoms with Gasteiger partial charge in [0.05, 0.1) is 4.90 Å². The van der Waals surface area contributed by atoms with Gasteiger partial charge in [0, 0.05) is 15.6 Å². The van der Waals surface area contributed by atoms with Gasteiger partial charge in [-0.15, -0.1) is 0 Å². The Bertz CT molecular complexity index is 927. The molecule has 0 radical (unpaired) electrons. The molecule has 2 rings (SSSR count). The fourth-order valence-electron chi connectivity index (χ4n) is 1.89. The van der Waals surface area contributed by atoms with Gasteiger partial charge in [0.2, 0.25) is 5.91 Å². The Kier molecular flexibility index (Phi) is 6.09. The number of carbonyl (C=O) groups excluding carboxylic acids is 1. The first-order valence-corrected chi connectivity index (χ1v) is 10.0. The van der Waals surface area contributed by atoms with Crippen molar-refractivity contribution < 1.29 is 30.6 Å². The molecule has 0 saturated carbocycles. The number of anilines is 1. The van der Waals surface area contributed by atoms with Crippen molar-refractivity contribution in [1.82, 2.24) is 0 Å². The summed E-state index contributed by atoms with van der Waals surface area (Å²) >= 11 is 5.67. The van der Waals surface area contributed by atoms with Crippen LogP contribution in [0.1, 0.15) is 0 Å². The number of hydrogen-bond donors (Lipinski definition) is 1. The number of nitrogens with one attached hydrogen (secondary N) is 1. The van der Waals surface area contributed by atoms with Crippen molar-refractivity contribution in [2.75, 3.05) is 11.1 Å². The lowest BCUT2D eigenvalue weighted by Gasteiger charge is -2.09. The summed E-state index contributed by atoms with van der Waals surface area (Å²) in [5, 5.41) is 2.60. The number of alkyl halides is 3. The molecule has 0 aromatic heterocycles. The molecule has 26 heavy (non-hydrogen) atoms. The highest BCUT2D eigenvalue weighted by atomic mass is 35.5. The molecule has 0 saturated heterocycles. The molecule has 0 aliphatic carbocycles. The van der Waals surface area contributed by atoms with Gasteiger partial charge >= 0.3 is 5.51 Å². The molecule has 0 heterocycles. The summed E-state index contributed by atoms with van der Waals surface area (Å²) in [7, 11) is -7.09. The van der Waals surface area contributed by atoms with Gasteiger partial charge < -0.3 is 5.32 Å². The summed E-state index contributed by atoms with van der Waals surface area (Å²) in [6.45, 7) is 0. The Balaban J connectivity index is 2.06. The fourth-order valence-corrected chi connectivity index (χ4v) is 3.80. The third-order valence-electron chi connectivity index (χ3n) is 3.06. The Morgan fingerprint density at radius 1 is 1.04 bits per heavy atom. The number of sulfone groups is 1. The second-order valence-electron chi connectivity index (χ2n) is 5.00. The Morgan fingerprint density at radius 2 is 1.58 bits per heavy atom. The van der Waals surface area contributed by atoms with Crippen LogP contribution in [0.25, 0.3) is 0 Å². The summed E-state index contributed by atoms with van der Waals surface area (Å²) in [6, 6.07) is 9.33. The van der Waals surface area contributed by atoms with Crippen LogP contribution in [0.4, 0.5) is 18.9 Å². The molecule has 2 aromatic carbocycles. The Hall–Kier alpha value is -1.91. The maximum Gasteiger partial charge on any atom is 0.475 e. The first-order chi connectivity index (χ1) is 12.0. The van der Waals surface area contributed by atoms with Crippen LogP contribution in [0.2, 0.25) is 5.02 Å². The van der Waals surface area contributed by atoms with E-state index in [4.69, 9.17) is 11.6 Å². The van der Waals surface area contributed by atoms with E-state index in [0.29, 0.717) is 5.02 Å². The maximum atomic E-state index is 12.4. The standard InChI is InChI=1S/C15H11ClF3NO4S2/c16-10-1-7-13(8-2-10)26(23,24)9-14(21)20-11-3-5-12(6-4-11)25(22)15(17,18)19/h1-8H,9H2,(H,20,21)/t25-/m0/s1. The number of halogens is 4. The summed E-state index contributed by atoms with van der Waals surface area (Å²) < 4.78 is 72.6. The minimum Gasteiger partial charge on any atom is -0.325 e. The smallest absolute Gasteiger partial charge is 0.325 e. The molecule has 0 spiro atoms. The summed E-state index contributed by atoms with van der Waals surface area (Å²) in [5.74, 6) is -1.73. The van der Waals surface area contributed by atoms with E-state index >= 15 is 0 Å². The first-order valence-electron chi connectivity index (χ1n) is 6.86. The number of benzene rings is 2. The minimum absolute atomic E-state index is 0.0734. The van der Waals surface area contributed by atoms with E-state index in [0.717, 1.165) is 24.3 Å². The molecule has 0 unspecified atom stereocenters. The second kappa shape index (κ2) is 7.77. The predicted molar refractivity (Wildman–Crippen MR) is 91.0 cm³/mol. The fraction of sp³-hybridized carbons (Fsp3) is 0.133. The topological polar surface area (TPSA) is 80.3 Å². The summed E-state index contributed by atoms with van der Waals surface area (Å²) in [6.07, 6.45) is 0. The zero-order chi connectivity index (χ0) is 19.5. The van der Waals surface area contributed by atoms with E-state index in [1.807, 2.05) is 0 Å². The van der Waals surface area contributed by atoms with Crippen LogP contribution in [0.15, 0.2) is 58.3 Å². The third kappa shape index (κ3) is 5.29. The Morgan fingerprint density at radius 3 is 2.08 bits per heavy atom. The van der Waals surface area contributed by atoms with Crippen LogP contribution in [-0.4, -0.2) is 29.8 Å². The van der Waals surface area contributed by atoms with Gasteiger partial charge in [0.1, 0.15) is 5.75 Å². The van der Waals surface area contributed by atoms with Crippen LogP contribution in [0, 0.1) is 0 Å². The van der Waals surface area contributed by atoms with Crippen LogP contribution in [0.3, 0.4) is 0 Å². The van der Waals surface area contributed by atoms with Gasteiger partial charge in [-0.05, 0) is 48.5 Å². The van der Waals surface area contributed by atoms with Crippen molar-refractivity contribution in [1.29, 1.82) is 0 Å². The van der Waals surface area contributed by atoms with Crippen molar-refractivity contribution in [3.63, 3.8) is 0 Å². The highest BCUT2D eigenvalue weighted by molar-refractivity contribution is 7.92. The van der Waals surface area contributed by atoms with Gasteiger partial charge in [-0.3, -0.25) is 4.79 Å². The molecule has 11 heteroatoms. The summed E-state index contributed by atoms with van der Waals surface area (Å²) in [4.78, 5) is 11.3. The molecule has 140 valence electrons. The average molecular weight is 426 g/mol. The van der Waals surface area contributed by atoms with Gasteiger partial charge in [-0.2, -0.15) is 13.2 Å². The lowest BCUT2D eigenvalue weighted by atomic mass is 10.3. The molecule has 1 N–H and O–H groups in total. The molecule has 1 atom stereocenters. The van der Waals surface area contributed by atoms with Crippen molar-refractivity contribution in [2.24, 2.45) is 0 Å². The highest BCUT2D eigenvalue weighted by Crippen LogP contribution is 2.27.